The number of hydrogen-bond acceptors (Lipinski definition) is 3. The van der Waals surface area contributed by atoms with Crippen molar-refractivity contribution in [3.05, 3.63) is 231 Å². The van der Waals surface area contributed by atoms with E-state index in [4.69, 9.17) is 0 Å². The van der Waals surface area contributed by atoms with E-state index >= 15 is 0 Å². The Labute approximate surface area is 381 Å². The van der Waals surface area contributed by atoms with Crippen LogP contribution in [-0.2, 0) is 0 Å². The molecule has 2 aromatic heterocycles. The normalized spacial score (nSPS) is 13.3. The molecule has 0 saturated carbocycles. The van der Waals surface area contributed by atoms with Crippen LogP contribution in [0.2, 0.25) is 0 Å². The van der Waals surface area contributed by atoms with Crippen LogP contribution >= 0.6 is 0 Å². The van der Waals surface area contributed by atoms with E-state index in [0.717, 1.165) is 28.4 Å². The van der Waals surface area contributed by atoms with Crippen molar-refractivity contribution in [2.75, 3.05) is 14.7 Å². The summed E-state index contributed by atoms with van der Waals surface area (Å²) in [7, 11) is 0. The Morgan fingerprint density at radius 1 is 0.227 bits per heavy atom. The van der Waals surface area contributed by atoms with Gasteiger partial charge in [-0.1, -0.05) is 133 Å². The first-order chi connectivity index (χ1) is 32.8. The van der Waals surface area contributed by atoms with Gasteiger partial charge in [-0.15, -0.1) is 0 Å². The van der Waals surface area contributed by atoms with Crippen LogP contribution in [0, 0.1) is 0 Å². The molecule has 15 rings (SSSR count). The molecule has 306 valence electrons. The fraction of sp³-hybridized carbons (Fsp3) is 0. The molecule has 0 fully saturated rings. The van der Waals surface area contributed by atoms with Gasteiger partial charge in [0.2, 0.25) is 0 Å². The van der Waals surface area contributed by atoms with Crippen molar-refractivity contribution in [3.8, 4) is 11.4 Å². The number of para-hydroxylation sites is 7. The van der Waals surface area contributed by atoms with Crippen molar-refractivity contribution in [2.24, 2.45) is 0 Å². The minimum atomic E-state index is -0.0505. The highest BCUT2D eigenvalue weighted by Crippen LogP contribution is 2.52. The Morgan fingerprint density at radius 3 is 0.833 bits per heavy atom. The van der Waals surface area contributed by atoms with Gasteiger partial charge in [-0.2, -0.15) is 0 Å². The molecule has 0 radical (unpaired) electrons. The van der Waals surface area contributed by atoms with Gasteiger partial charge in [0.1, 0.15) is 0 Å². The lowest BCUT2D eigenvalue weighted by atomic mass is 9.31. The lowest BCUT2D eigenvalue weighted by Gasteiger charge is -2.49. The number of benzene rings is 10. The van der Waals surface area contributed by atoms with Gasteiger partial charge < -0.3 is 23.8 Å². The molecule has 0 aliphatic carbocycles. The number of nitrogens with zero attached hydrogens (tertiary/aromatic N) is 5. The molecule has 0 bridgehead atoms. The van der Waals surface area contributed by atoms with Crippen LogP contribution in [0.15, 0.2) is 231 Å². The number of rotatable bonds is 5. The third-order valence-electron chi connectivity index (χ3n) is 14.3. The number of anilines is 9. The SMILES string of the molecule is c1ccc(N2c3cccc4c3B3c5c2cc(-n2c6ccccc6c6ccccc62)cc5N(c2ccccc2)c2cc(-n5c6ccccc6c6ccccc65)cc(c23)N4c2ccccc2)cc1. The van der Waals surface area contributed by atoms with Crippen LogP contribution in [0.1, 0.15) is 0 Å². The summed E-state index contributed by atoms with van der Waals surface area (Å²) >= 11 is 0. The van der Waals surface area contributed by atoms with Crippen LogP contribution < -0.4 is 31.1 Å². The van der Waals surface area contributed by atoms with Crippen LogP contribution in [0.3, 0.4) is 0 Å². The maximum absolute atomic E-state index is 2.56. The van der Waals surface area contributed by atoms with Gasteiger partial charge in [0, 0.05) is 72.7 Å². The molecule has 12 aromatic rings. The molecule has 3 aliphatic rings. The topological polar surface area (TPSA) is 19.6 Å². The van der Waals surface area contributed by atoms with Gasteiger partial charge in [0.15, 0.2) is 0 Å². The summed E-state index contributed by atoms with van der Waals surface area (Å²) < 4.78 is 4.96. The Kier molecular flexibility index (Phi) is 7.24. The molecule has 0 amide bonds. The average molecular weight is 840 g/mol. The van der Waals surface area contributed by atoms with Crippen molar-refractivity contribution in [3.63, 3.8) is 0 Å². The number of aromatic nitrogens is 2. The average Bonchev–Trinajstić information content (AvgIpc) is 3.90. The van der Waals surface area contributed by atoms with Gasteiger partial charge in [0.05, 0.1) is 33.4 Å². The van der Waals surface area contributed by atoms with Crippen LogP contribution in [0.5, 0.6) is 0 Å². The van der Waals surface area contributed by atoms with E-state index in [1.165, 1.54) is 94.1 Å². The summed E-state index contributed by atoms with van der Waals surface area (Å²) in [6, 6.07) is 85.1. The highest BCUT2D eigenvalue weighted by atomic mass is 15.2. The quantitative estimate of drug-likeness (QED) is 0.161. The minimum Gasteiger partial charge on any atom is -0.311 e. The highest BCUT2D eigenvalue weighted by Gasteiger charge is 2.50. The fourth-order valence-electron chi connectivity index (χ4n) is 11.8. The van der Waals surface area contributed by atoms with Gasteiger partial charge in [-0.25, -0.2) is 0 Å². The number of fused-ring (bicyclic) bond motifs is 6. The van der Waals surface area contributed by atoms with Crippen LogP contribution in [0.4, 0.5) is 51.2 Å². The van der Waals surface area contributed by atoms with E-state index < -0.39 is 0 Å². The molecule has 66 heavy (non-hydrogen) atoms. The maximum Gasteiger partial charge on any atom is 0.257 e. The first-order valence-corrected chi connectivity index (χ1v) is 22.8. The van der Waals surface area contributed by atoms with E-state index in [0.29, 0.717) is 0 Å². The molecule has 5 heterocycles. The second kappa shape index (κ2) is 13.4. The second-order valence-corrected chi connectivity index (χ2v) is 17.7. The molecule has 0 saturated heterocycles. The molecular weight excluding hydrogens is 802 g/mol. The van der Waals surface area contributed by atoms with Crippen molar-refractivity contribution in [2.45, 2.75) is 0 Å². The lowest BCUT2D eigenvalue weighted by molar-refractivity contribution is 1.14. The Balaban J connectivity index is 1.13. The molecule has 3 aliphatic heterocycles. The lowest BCUT2D eigenvalue weighted by Crippen LogP contribution is -2.65. The molecule has 0 N–H and O–H groups in total. The summed E-state index contributed by atoms with van der Waals surface area (Å²) in [6.07, 6.45) is 0. The van der Waals surface area contributed by atoms with Crippen LogP contribution in [0.25, 0.3) is 55.0 Å². The zero-order chi connectivity index (χ0) is 43.0. The summed E-state index contributed by atoms with van der Waals surface area (Å²) in [5, 5.41) is 4.98. The predicted molar refractivity (Wildman–Crippen MR) is 277 cm³/mol. The van der Waals surface area contributed by atoms with Gasteiger partial charge in [-0.3, -0.25) is 0 Å². The molecular formula is C60H38BN5. The predicted octanol–water partition coefficient (Wildman–Crippen LogP) is 13.7. The van der Waals surface area contributed by atoms with E-state index in [-0.39, 0.29) is 6.71 Å². The minimum absolute atomic E-state index is 0.0505. The van der Waals surface area contributed by atoms with Crippen molar-refractivity contribution < 1.29 is 0 Å². The summed E-state index contributed by atoms with van der Waals surface area (Å²) in [5.74, 6) is 0. The first-order valence-electron chi connectivity index (χ1n) is 22.8. The van der Waals surface area contributed by atoms with E-state index in [1.807, 2.05) is 0 Å². The molecule has 6 heteroatoms. The Hall–Kier alpha value is -8.74. The van der Waals surface area contributed by atoms with Crippen molar-refractivity contribution in [1.82, 2.24) is 9.13 Å². The Morgan fingerprint density at radius 2 is 0.500 bits per heavy atom. The molecule has 0 atom stereocenters. The standard InChI is InChI=1S/C60H38BN5/c1-4-19-39(20-5-1)62-52-33-18-34-53-58(52)61-59-54(62)35-42(65-48-29-14-10-25-44(48)45-26-11-15-30-49(45)65)37-56(59)64(41-23-8-3-9-24-41)57-38-43(36-55(60(57)61)63(53)40-21-6-2-7-22-40)66-50-31-16-12-27-46(50)47-28-13-17-32-51(47)66/h1-38H. The van der Waals surface area contributed by atoms with Gasteiger partial charge in [-0.05, 0) is 113 Å². The summed E-state index contributed by atoms with van der Waals surface area (Å²) in [5.41, 5.74) is 21.4. The van der Waals surface area contributed by atoms with Crippen molar-refractivity contribution in [1.29, 1.82) is 0 Å². The zero-order valence-corrected chi connectivity index (χ0v) is 35.8. The second-order valence-electron chi connectivity index (χ2n) is 17.7. The molecule has 0 spiro atoms. The monoisotopic (exact) mass is 839 g/mol. The summed E-state index contributed by atoms with van der Waals surface area (Å²) in [4.78, 5) is 7.62. The summed E-state index contributed by atoms with van der Waals surface area (Å²) in [6.45, 7) is -0.0505. The molecule has 0 unspecified atom stereocenters. The molecule has 5 nitrogen and oxygen atoms in total. The third-order valence-corrected chi connectivity index (χ3v) is 14.3. The van der Waals surface area contributed by atoms with Gasteiger partial charge in [0.25, 0.3) is 6.71 Å². The Bertz CT molecular complexity index is 3630. The van der Waals surface area contributed by atoms with E-state index in [2.05, 4.69) is 254 Å². The van der Waals surface area contributed by atoms with Gasteiger partial charge >= 0.3 is 0 Å². The molecule has 10 aromatic carbocycles. The van der Waals surface area contributed by atoms with E-state index in [1.54, 1.807) is 0 Å². The first kappa shape index (κ1) is 35.7. The van der Waals surface area contributed by atoms with E-state index in [9.17, 15) is 0 Å². The number of hydrogen-bond donors (Lipinski definition) is 0. The zero-order valence-electron chi connectivity index (χ0n) is 35.8. The van der Waals surface area contributed by atoms with Crippen LogP contribution in [-0.4, -0.2) is 15.8 Å². The maximum atomic E-state index is 2.56. The smallest absolute Gasteiger partial charge is 0.257 e. The highest BCUT2D eigenvalue weighted by molar-refractivity contribution is 7.02. The van der Waals surface area contributed by atoms with Crippen molar-refractivity contribution >= 4 is 118 Å². The largest absolute Gasteiger partial charge is 0.311 e. The third kappa shape index (κ3) is 4.74. The fourth-order valence-corrected chi connectivity index (χ4v) is 11.8.